The van der Waals surface area contributed by atoms with Gasteiger partial charge in [0.05, 0.1) is 24.3 Å². The molecule has 0 saturated heterocycles. The van der Waals surface area contributed by atoms with E-state index in [1.807, 2.05) is 23.8 Å². The van der Waals surface area contributed by atoms with Crippen LogP contribution in [0.3, 0.4) is 0 Å². The first-order valence-corrected chi connectivity index (χ1v) is 10.0. The minimum atomic E-state index is -0.321. The largest absolute Gasteiger partial charge is 0.459 e. The standard InChI is InChI=1S/C16H18N6O3S2/c1-3-22-12(7-17-14(24)11-5-4-6-25-11)20-21-16(22)27-9-13(23)19-15-18-10(2)8-26-15/h4-6,8H,3,7,9H2,1-2H3,(H,17,24)(H,18,19,23). The van der Waals surface area contributed by atoms with Crippen molar-refractivity contribution >= 4 is 40.0 Å². The maximum Gasteiger partial charge on any atom is 0.287 e. The highest BCUT2D eigenvalue weighted by Gasteiger charge is 2.15. The molecule has 0 fully saturated rings. The first-order valence-electron chi connectivity index (χ1n) is 8.15. The van der Waals surface area contributed by atoms with Crippen LogP contribution in [-0.4, -0.2) is 37.3 Å². The normalized spacial score (nSPS) is 10.7. The van der Waals surface area contributed by atoms with Crippen molar-refractivity contribution in [2.75, 3.05) is 11.1 Å². The SMILES string of the molecule is CCn1c(CNC(=O)c2ccco2)nnc1SCC(=O)Nc1nc(C)cs1. The number of nitrogens with zero attached hydrogens (tertiary/aromatic N) is 4. The number of amides is 2. The first kappa shape index (κ1) is 19.1. The summed E-state index contributed by atoms with van der Waals surface area (Å²) in [5, 5.41) is 16.8. The number of thioether (sulfide) groups is 1. The lowest BCUT2D eigenvalue weighted by molar-refractivity contribution is -0.113. The molecule has 0 unspecified atom stereocenters. The molecule has 3 aromatic rings. The summed E-state index contributed by atoms with van der Waals surface area (Å²) in [4.78, 5) is 28.2. The average Bonchev–Trinajstić information content (AvgIpc) is 3.39. The number of carbonyl (C=O) groups excluding carboxylic acids is 2. The highest BCUT2D eigenvalue weighted by Crippen LogP contribution is 2.19. The summed E-state index contributed by atoms with van der Waals surface area (Å²) < 4.78 is 6.91. The van der Waals surface area contributed by atoms with Gasteiger partial charge in [0.25, 0.3) is 5.91 Å². The Morgan fingerprint density at radius 2 is 2.22 bits per heavy atom. The number of hydrogen-bond acceptors (Lipinski definition) is 8. The van der Waals surface area contributed by atoms with Gasteiger partial charge in [0.15, 0.2) is 21.9 Å². The zero-order valence-electron chi connectivity index (χ0n) is 14.8. The molecule has 27 heavy (non-hydrogen) atoms. The van der Waals surface area contributed by atoms with E-state index in [-0.39, 0.29) is 29.9 Å². The van der Waals surface area contributed by atoms with Gasteiger partial charge in [-0.3, -0.25) is 9.59 Å². The van der Waals surface area contributed by atoms with Crippen molar-refractivity contribution in [3.63, 3.8) is 0 Å². The van der Waals surface area contributed by atoms with Crippen LogP contribution in [0.1, 0.15) is 29.0 Å². The number of aromatic nitrogens is 4. The summed E-state index contributed by atoms with van der Waals surface area (Å²) >= 11 is 2.67. The van der Waals surface area contributed by atoms with E-state index in [1.165, 1.54) is 29.4 Å². The second-order valence-electron chi connectivity index (χ2n) is 5.43. The van der Waals surface area contributed by atoms with Gasteiger partial charge in [-0.1, -0.05) is 11.8 Å². The predicted molar refractivity (Wildman–Crippen MR) is 102 cm³/mol. The molecular formula is C16H18N6O3S2. The summed E-state index contributed by atoms with van der Waals surface area (Å²) in [6.45, 7) is 4.65. The van der Waals surface area contributed by atoms with Crippen LogP contribution in [-0.2, 0) is 17.9 Å². The van der Waals surface area contributed by atoms with Gasteiger partial charge in [-0.05, 0) is 26.0 Å². The van der Waals surface area contributed by atoms with Gasteiger partial charge >= 0.3 is 0 Å². The van der Waals surface area contributed by atoms with E-state index < -0.39 is 0 Å². The molecule has 0 aromatic carbocycles. The Hall–Kier alpha value is -2.66. The van der Waals surface area contributed by atoms with Crippen LogP contribution in [0.5, 0.6) is 0 Å². The molecular weight excluding hydrogens is 388 g/mol. The quantitative estimate of drug-likeness (QED) is 0.552. The number of thiazole rings is 1. The van der Waals surface area contributed by atoms with Crippen LogP contribution >= 0.6 is 23.1 Å². The lowest BCUT2D eigenvalue weighted by Crippen LogP contribution is -2.24. The fraction of sp³-hybridized carbons (Fsp3) is 0.312. The number of aryl methyl sites for hydroxylation is 1. The Labute approximate surface area is 163 Å². The maximum atomic E-state index is 12.1. The van der Waals surface area contributed by atoms with Gasteiger partial charge in [-0.2, -0.15) is 0 Å². The van der Waals surface area contributed by atoms with E-state index in [4.69, 9.17) is 4.42 Å². The zero-order valence-corrected chi connectivity index (χ0v) is 16.4. The molecule has 2 N–H and O–H groups in total. The molecule has 0 aliphatic carbocycles. The van der Waals surface area contributed by atoms with Crippen LogP contribution in [0.4, 0.5) is 5.13 Å². The molecule has 11 heteroatoms. The molecule has 9 nitrogen and oxygen atoms in total. The van der Waals surface area contributed by atoms with Crippen LogP contribution in [0.15, 0.2) is 33.3 Å². The third-order valence-electron chi connectivity index (χ3n) is 3.46. The molecule has 0 radical (unpaired) electrons. The highest BCUT2D eigenvalue weighted by atomic mass is 32.2. The topological polar surface area (TPSA) is 115 Å². The maximum absolute atomic E-state index is 12.1. The molecule has 0 spiro atoms. The van der Waals surface area contributed by atoms with Crippen molar-refractivity contribution in [3.05, 3.63) is 41.1 Å². The van der Waals surface area contributed by atoms with Crippen molar-refractivity contribution in [1.29, 1.82) is 0 Å². The molecule has 2 amide bonds. The number of anilines is 1. The minimum Gasteiger partial charge on any atom is -0.459 e. The molecule has 3 aromatic heterocycles. The van der Waals surface area contributed by atoms with Crippen LogP contribution in [0.2, 0.25) is 0 Å². The number of furan rings is 1. The monoisotopic (exact) mass is 406 g/mol. The number of hydrogen-bond donors (Lipinski definition) is 2. The zero-order chi connectivity index (χ0) is 19.2. The van der Waals surface area contributed by atoms with Gasteiger partial charge < -0.3 is 19.6 Å². The smallest absolute Gasteiger partial charge is 0.287 e. The molecule has 0 aliphatic heterocycles. The van der Waals surface area contributed by atoms with Crippen LogP contribution < -0.4 is 10.6 Å². The van der Waals surface area contributed by atoms with Crippen LogP contribution in [0, 0.1) is 6.92 Å². The molecule has 0 bridgehead atoms. The van der Waals surface area contributed by atoms with E-state index in [9.17, 15) is 9.59 Å². The summed E-state index contributed by atoms with van der Waals surface area (Å²) in [7, 11) is 0. The summed E-state index contributed by atoms with van der Waals surface area (Å²) in [5.74, 6) is 0.554. The van der Waals surface area contributed by atoms with E-state index in [1.54, 1.807) is 12.1 Å². The van der Waals surface area contributed by atoms with Crippen molar-refractivity contribution in [2.24, 2.45) is 0 Å². The molecule has 3 rings (SSSR count). The highest BCUT2D eigenvalue weighted by molar-refractivity contribution is 7.99. The molecule has 142 valence electrons. The van der Waals surface area contributed by atoms with Crippen molar-refractivity contribution in [3.8, 4) is 0 Å². The second kappa shape index (κ2) is 8.82. The fourth-order valence-electron chi connectivity index (χ4n) is 2.23. The third kappa shape index (κ3) is 4.95. The first-order chi connectivity index (χ1) is 13.1. The van der Waals surface area contributed by atoms with E-state index in [2.05, 4.69) is 25.8 Å². The Morgan fingerprint density at radius 1 is 1.37 bits per heavy atom. The van der Waals surface area contributed by atoms with Gasteiger partial charge in [0, 0.05) is 11.9 Å². The average molecular weight is 406 g/mol. The Kier molecular flexibility index (Phi) is 6.24. The molecule has 3 heterocycles. The van der Waals surface area contributed by atoms with Gasteiger partial charge in [-0.15, -0.1) is 21.5 Å². The fourth-order valence-corrected chi connectivity index (χ4v) is 3.75. The van der Waals surface area contributed by atoms with Crippen molar-refractivity contribution < 1.29 is 14.0 Å². The van der Waals surface area contributed by atoms with E-state index >= 15 is 0 Å². The number of rotatable bonds is 8. The summed E-state index contributed by atoms with van der Waals surface area (Å²) in [5.41, 5.74) is 0.870. The van der Waals surface area contributed by atoms with Crippen molar-refractivity contribution in [1.82, 2.24) is 25.1 Å². The van der Waals surface area contributed by atoms with E-state index in [0.29, 0.717) is 22.7 Å². The molecule has 0 aliphatic rings. The lowest BCUT2D eigenvalue weighted by atomic mass is 10.4. The Balaban J connectivity index is 1.55. The second-order valence-corrected chi connectivity index (χ2v) is 7.23. The Bertz CT molecular complexity index is 919. The Morgan fingerprint density at radius 3 is 2.89 bits per heavy atom. The minimum absolute atomic E-state index is 0.160. The predicted octanol–water partition coefficient (Wildman–Crippen LogP) is 2.32. The lowest BCUT2D eigenvalue weighted by Gasteiger charge is -2.07. The summed E-state index contributed by atoms with van der Waals surface area (Å²) in [6, 6.07) is 3.24. The van der Waals surface area contributed by atoms with Crippen LogP contribution in [0.25, 0.3) is 0 Å². The van der Waals surface area contributed by atoms with Gasteiger partial charge in [0.1, 0.15) is 0 Å². The van der Waals surface area contributed by atoms with Gasteiger partial charge in [-0.25, -0.2) is 4.98 Å². The third-order valence-corrected chi connectivity index (χ3v) is 5.30. The molecule has 0 atom stereocenters. The summed E-state index contributed by atoms with van der Waals surface area (Å²) in [6.07, 6.45) is 1.44. The number of nitrogens with one attached hydrogen (secondary N) is 2. The molecule has 0 saturated carbocycles. The van der Waals surface area contributed by atoms with E-state index in [0.717, 1.165) is 5.69 Å². The number of carbonyl (C=O) groups is 2. The van der Waals surface area contributed by atoms with Gasteiger partial charge in [0.2, 0.25) is 5.91 Å². The van der Waals surface area contributed by atoms with Crippen molar-refractivity contribution in [2.45, 2.75) is 32.1 Å².